The van der Waals surface area contributed by atoms with Gasteiger partial charge in [-0.2, -0.15) is 5.10 Å². The van der Waals surface area contributed by atoms with E-state index < -0.39 is 0 Å². The number of halogens is 1. The predicted molar refractivity (Wildman–Crippen MR) is 70.3 cm³/mol. The van der Waals surface area contributed by atoms with Gasteiger partial charge in [0.15, 0.2) is 0 Å². The monoisotopic (exact) mass is 279 g/mol. The summed E-state index contributed by atoms with van der Waals surface area (Å²) in [6.45, 7) is 1.16. The summed E-state index contributed by atoms with van der Waals surface area (Å²) in [5.74, 6) is 0.00932. The molecule has 2 rings (SSSR count). The largest absolute Gasteiger partial charge is 0.352 e. The maximum atomic E-state index is 11.6. The van der Waals surface area contributed by atoms with Gasteiger partial charge in [-0.15, -0.1) is 0 Å². The minimum atomic E-state index is 0.00932. The van der Waals surface area contributed by atoms with Gasteiger partial charge in [-0.1, -0.05) is 17.7 Å². The van der Waals surface area contributed by atoms with Crippen molar-refractivity contribution in [3.05, 3.63) is 41.7 Å². The van der Waals surface area contributed by atoms with Gasteiger partial charge in [-0.05, 0) is 18.1 Å². The molecule has 0 aliphatic heterocycles. The van der Waals surface area contributed by atoms with Crippen molar-refractivity contribution in [2.45, 2.75) is 25.9 Å². The van der Waals surface area contributed by atoms with E-state index in [1.165, 1.54) is 6.33 Å². The van der Waals surface area contributed by atoms with Crippen LogP contribution in [0.5, 0.6) is 0 Å². The van der Waals surface area contributed by atoms with E-state index in [4.69, 9.17) is 11.6 Å². The maximum absolute atomic E-state index is 11.6. The van der Waals surface area contributed by atoms with Gasteiger partial charge in [0.1, 0.15) is 17.8 Å². The first-order chi connectivity index (χ1) is 9.24. The average molecular weight is 280 g/mol. The standard InChI is InChI=1S/C12H14ClN5O/c13-11-4-3-10(6-15-11)7-16-12(19)2-1-5-18-9-14-8-17-18/h3-4,6,8-9H,1-2,5,7H2,(H,16,19). The van der Waals surface area contributed by atoms with Gasteiger partial charge in [0.05, 0.1) is 0 Å². The molecule has 0 aromatic carbocycles. The van der Waals surface area contributed by atoms with Crippen LogP contribution in [-0.2, 0) is 17.9 Å². The van der Waals surface area contributed by atoms with Crippen LogP contribution in [0.1, 0.15) is 18.4 Å². The van der Waals surface area contributed by atoms with Gasteiger partial charge in [0.25, 0.3) is 0 Å². The van der Waals surface area contributed by atoms with Crippen molar-refractivity contribution in [1.82, 2.24) is 25.1 Å². The SMILES string of the molecule is O=C(CCCn1cncn1)NCc1ccc(Cl)nc1. The third-order valence-electron chi connectivity index (χ3n) is 2.54. The number of hydrogen-bond acceptors (Lipinski definition) is 4. The smallest absolute Gasteiger partial charge is 0.220 e. The molecule has 0 bridgehead atoms. The highest BCUT2D eigenvalue weighted by atomic mass is 35.5. The highest BCUT2D eigenvalue weighted by molar-refractivity contribution is 6.29. The highest BCUT2D eigenvalue weighted by Crippen LogP contribution is 2.05. The summed E-state index contributed by atoms with van der Waals surface area (Å²) in [5.41, 5.74) is 0.925. The van der Waals surface area contributed by atoms with Crippen molar-refractivity contribution in [1.29, 1.82) is 0 Å². The first-order valence-corrected chi connectivity index (χ1v) is 6.31. The molecule has 2 aromatic rings. The van der Waals surface area contributed by atoms with Crippen molar-refractivity contribution < 1.29 is 4.79 Å². The fourth-order valence-corrected chi connectivity index (χ4v) is 1.66. The molecule has 1 N–H and O–H groups in total. The Labute approximate surface area is 115 Å². The zero-order valence-corrected chi connectivity index (χ0v) is 11.0. The lowest BCUT2D eigenvalue weighted by molar-refractivity contribution is -0.121. The Kier molecular flexibility index (Phi) is 4.85. The molecule has 0 radical (unpaired) electrons. The number of nitrogens with one attached hydrogen (secondary N) is 1. The van der Waals surface area contributed by atoms with Crippen molar-refractivity contribution in [2.75, 3.05) is 0 Å². The molecule has 0 aliphatic rings. The molecule has 1 amide bonds. The molecule has 100 valence electrons. The number of pyridine rings is 1. The molecular formula is C12H14ClN5O. The molecule has 2 aromatic heterocycles. The van der Waals surface area contributed by atoms with Crippen LogP contribution in [0.25, 0.3) is 0 Å². The lowest BCUT2D eigenvalue weighted by Crippen LogP contribution is -2.22. The number of aryl methyl sites for hydroxylation is 1. The topological polar surface area (TPSA) is 72.7 Å². The summed E-state index contributed by atoms with van der Waals surface area (Å²) in [4.78, 5) is 19.4. The average Bonchev–Trinajstić information content (AvgIpc) is 2.91. The second kappa shape index (κ2) is 6.84. The van der Waals surface area contributed by atoms with Gasteiger partial charge in [-0.3, -0.25) is 9.48 Å². The summed E-state index contributed by atoms with van der Waals surface area (Å²) >= 11 is 5.68. The molecule has 0 saturated carbocycles. The molecule has 0 aliphatic carbocycles. The Morgan fingerprint density at radius 2 is 2.32 bits per heavy atom. The Balaban J connectivity index is 1.65. The quantitative estimate of drug-likeness (QED) is 0.812. The van der Waals surface area contributed by atoms with E-state index in [9.17, 15) is 4.79 Å². The fourth-order valence-electron chi connectivity index (χ4n) is 1.55. The van der Waals surface area contributed by atoms with E-state index in [-0.39, 0.29) is 5.91 Å². The lowest BCUT2D eigenvalue weighted by Gasteiger charge is -2.05. The van der Waals surface area contributed by atoms with Crippen LogP contribution in [0.2, 0.25) is 5.15 Å². The van der Waals surface area contributed by atoms with Crippen LogP contribution in [-0.4, -0.2) is 25.7 Å². The van der Waals surface area contributed by atoms with Crippen LogP contribution in [0.15, 0.2) is 31.0 Å². The molecule has 0 fully saturated rings. The molecule has 0 saturated heterocycles. The number of rotatable bonds is 6. The number of carbonyl (C=O) groups excluding carboxylic acids is 1. The molecule has 0 spiro atoms. The van der Waals surface area contributed by atoms with E-state index in [0.29, 0.717) is 24.7 Å². The fraction of sp³-hybridized carbons (Fsp3) is 0.333. The second-order valence-electron chi connectivity index (χ2n) is 4.03. The summed E-state index contributed by atoms with van der Waals surface area (Å²) < 4.78 is 1.70. The van der Waals surface area contributed by atoms with Gasteiger partial charge in [0.2, 0.25) is 5.91 Å². The van der Waals surface area contributed by atoms with E-state index in [2.05, 4.69) is 20.4 Å². The van der Waals surface area contributed by atoms with Crippen molar-refractivity contribution in [2.24, 2.45) is 0 Å². The van der Waals surface area contributed by atoms with Crippen LogP contribution < -0.4 is 5.32 Å². The van der Waals surface area contributed by atoms with Crippen molar-refractivity contribution >= 4 is 17.5 Å². The lowest BCUT2D eigenvalue weighted by atomic mass is 10.2. The molecular weight excluding hydrogens is 266 g/mol. The van der Waals surface area contributed by atoms with Crippen LogP contribution in [0.4, 0.5) is 0 Å². The molecule has 0 unspecified atom stereocenters. The molecule has 2 heterocycles. The zero-order chi connectivity index (χ0) is 13.5. The zero-order valence-electron chi connectivity index (χ0n) is 10.3. The number of hydrogen-bond donors (Lipinski definition) is 1. The number of carbonyl (C=O) groups is 1. The second-order valence-corrected chi connectivity index (χ2v) is 4.42. The van der Waals surface area contributed by atoms with E-state index >= 15 is 0 Å². The first-order valence-electron chi connectivity index (χ1n) is 5.93. The van der Waals surface area contributed by atoms with Gasteiger partial charge in [0, 0.05) is 25.7 Å². The van der Waals surface area contributed by atoms with Crippen LogP contribution in [0.3, 0.4) is 0 Å². The van der Waals surface area contributed by atoms with E-state index in [0.717, 1.165) is 12.0 Å². The minimum Gasteiger partial charge on any atom is -0.352 e. The molecule has 0 atom stereocenters. The highest BCUT2D eigenvalue weighted by Gasteiger charge is 2.02. The first kappa shape index (κ1) is 13.5. The third-order valence-corrected chi connectivity index (χ3v) is 2.76. The molecule has 6 nitrogen and oxygen atoms in total. The number of amides is 1. The Morgan fingerprint density at radius 1 is 1.42 bits per heavy atom. The maximum Gasteiger partial charge on any atom is 0.220 e. The molecule has 19 heavy (non-hydrogen) atoms. The number of nitrogens with zero attached hydrogens (tertiary/aromatic N) is 4. The Bertz CT molecular complexity index is 511. The van der Waals surface area contributed by atoms with Gasteiger partial charge >= 0.3 is 0 Å². The van der Waals surface area contributed by atoms with E-state index in [1.54, 1.807) is 23.3 Å². The predicted octanol–water partition coefficient (Wildman–Crippen LogP) is 1.42. The normalized spacial score (nSPS) is 10.4. The van der Waals surface area contributed by atoms with Crippen LogP contribution in [0, 0.1) is 0 Å². The summed E-state index contributed by atoms with van der Waals surface area (Å²) in [5, 5.41) is 7.25. The Hall–Kier alpha value is -1.95. The van der Waals surface area contributed by atoms with Crippen LogP contribution >= 0.6 is 11.6 Å². The van der Waals surface area contributed by atoms with E-state index in [1.807, 2.05) is 6.07 Å². The van der Waals surface area contributed by atoms with Gasteiger partial charge < -0.3 is 5.32 Å². The third kappa shape index (κ3) is 4.67. The number of aromatic nitrogens is 4. The summed E-state index contributed by atoms with van der Waals surface area (Å²) in [6.07, 6.45) is 5.96. The van der Waals surface area contributed by atoms with Crippen molar-refractivity contribution in [3.8, 4) is 0 Å². The minimum absolute atomic E-state index is 0.00932. The molecule has 7 heteroatoms. The summed E-state index contributed by atoms with van der Waals surface area (Å²) in [7, 11) is 0. The van der Waals surface area contributed by atoms with Crippen molar-refractivity contribution in [3.63, 3.8) is 0 Å². The Morgan fingerprint density at radius 3 is 3.00 bits per heavy atom. The summed E-state index contributed by atoms with van der Waals surface area (Å²) in [6, 6.07) is 3.54. The van der Waals surface area contributed by atoms with Gasteiger partial charge in [-0.25, -0.2) is 9.97 Å².